The molecule has 1 aliphatic rings. The van der Waals surface area contributed by atoms with E-state index in [4.69, 9.17) is 5.11 Å². The molecule has 66 valence electrons. The predicted octanol–water partition coefficient (Wildman–Crippen LogP) is 1.29. The highest BCUT2D eigenvalue weighted by molar-refractivity contribution is 4.78. The Morgan fingerprint density at radius 3 is 2.82 bits per heavy atom. The van der Waals surface area contributed by atoms with Gasteiger partial charge in [0.25, 0.3) is 0 Å². The molecule has 1 fully saturated rings. The third kappa shape index (κ3) is 3.21. The van der Waals surface area contributed by atoms with Crippen molar-refractivity contribution in [3.8, 4) is 0 Å². The standard InChI is InChI=1S/C9H19NO/c1-7-4-3-5-9(10-7)6-8(2)11/h7-11H,3-6H2,1-2H3/t7-,8?,9-/m1/s1. The summed E-state index contributed by atoms with van der Waals surface area (Å²) in [6, 6.07) is 1.20. The largest absolute Gasteiger partial charge is 0.393 e. The summed E-state index contributed by atoms with van der Waals surface area (Å²) in [6.45, 7) is 4.08. The lowest BCUT2D eigenvalue weighted by Gasteiger charge is -2.29. The average Bonchev–Trinajstić information content (AvgIpc) is 1.85. The van der Waals surface area contributed by atoms with E-state index in [1.807, 2.05) is 6.92 Å². The van der Waals surface area contributed by atoms with E-state index in [1.165, 1.54) is 19.3 Å². The molecule has 0 aromatic heterocycles. The van der Waals surface area contributed by atoms with Gasteiger partial charge in [0, 0.05) is 12.1 Å². The molecule has 1 saturated heterocycles. The topological polar surface area (TPSA) is 32.3 Å². The molecular weight excluding hydrogens is 138 g/mol. The zero-order valence-corrected chi connectivity index (χ0v) is 7.51. The van der Waals surface area contributed by atoms with Gasteiger partial charge in [-0.25, -0.2) is 0 Å². The summed E-state index contributed by atoms with van der Waals surface area (Å²) in [5.41, 5.74) is 0. The van der Waals surface area contributed by atoms with Gasteiger partial charge in [-0.1, -0.05) is 6.42 Å². The van der Waals surface area contributed by atoms with E-state index in [0.717, 1.165) is 6.42 Å². The second-order valence-electron chi connectivity index (χ2n) is 3.78. The molecule has 0 aliphatic carbocycles. The number of rotatable bonds is 2. The summed E-state index contributed by atoms with van der Waals surface area (Å²) >= 11 is 0. The molecule has 1 heterocycles. The first-order valence-electron chi connectivity index (χ1n) is 4.62. The smallest absolute Gasteiger partial charge is 0.0526 e. The van der Waals surface area contributed by atoms with Crippen molar-refractivity contribution in [1.29, 1.82) is 0 Å². The third-order valence-electron chi connectivity index (χ3n) is 2.34. The van der Waals surface area contributed by atoms with Gasteiger partial charge in [-0.2, -0.15) is 0 Å². The Hall–Kier alpha value is -0.0800. The minimum Gasteiger partial charge on any atom is -0.393 e. The van der Waals surface area contributed by atoms with E-state index in [9.17, 15) is 0 Å². The summed E-state index contributed by atoms with van der Waals surface area (Å²) in [5, 5.41) is 12.6. The number of hydrogen-bond donors (Lipinski definition) is 2. The molecule has 0 bridgehead atoms. The molecule has 0 saturated carbocycles. The highest BCUT2D eigenvalue weighted by Crippen LogP contribution is 2.15. The summed E-state index contributed by atoms with van der Waals surface area (Å²) in [4.78, 5) is 0. The van der Waals surface area contributed by atoms with Crippen molar-refractivity contribution in [3.05, 3.63) is 0 Å². The Kier molecular flexibility index (Phi) is 3.34. The lowest BCUT2D eigenvalue weighted by atomic mass is 9.96. The molecule has 2 N–H and O–H groups in total. The van der Waals surface area contributed by atoms with E-state index in [0.29, 0.717) is 12.1 Å². The summed E-state index contributed by atoms with van der Waals surface area (Å²) in [6.07, 6.45) is 4.58. The van der Waals surface area contributed by atoms with Crippen LogP contribution in [0.15, 0.2) is 0 Å². The van der Waals surface area contributed by atoms with E-state index < -0.39 is 0 Å². The highest BCUT2D eigenvalue weighted by atomic mass is 16.3. The zero-order chi connectivity index (χ0) is 8.27. The second-order valence-corrected chi connectivity index (χ2v) is 3.78. The molecule has 1 unspecified atom stereocenters. The molecule has 0 spiro atoms. The van der Waals surface area contributed by atoms with Crippen LogP contribution in [0.25, 0.3) is 0 Å². The Bertz CT molecular complexity index is 112. The SMILES string of the molecule is CC(O)C[C@H]1CCC[C@@H](C)N1. The van der Waals surface area contributed by atoms with Crippen molar-refractivity contribution in [3.63, 3.8) is 0 Å². The Morgan fingerprint density at radius 2 is 2.27 bits per heavy atom. The van der Waals surface area contributed by atoms with Gasteiger partial charge in [0.2, 0.25) is 0 Å². The second kappa shape index (κ2) is 4.07. The van der Waals surface area contributed by atoms with E-state index in [2.05, 4.69) is 12.2 Å². The van der Waals surface area contributed by atoms with Gasteiger partial charge in [0.1, 0.15) is 0 Å². The van der Waals surface area contributed by atoms with Crippen LogP contribution in [0.1, 0.15) is 39.5 Å². The van der Waals surface area contributed by atoms with Crippen LogP contribution in [0, 0.1) is 0 Å². The van der Waals surface area contributed by atoms with Crippen molar-refractivity contribution < 1.29 is 5.11 Å². The fourth-order valence-corrected chi connectivity index (χ4v) is 1.84. The molecule has 2 nitrogen and oxygen atoms in total. The van der Waals surface area contributed by atoms with Crippen molar-refractivity contribution in [2.75, 3.05) is 0 Å². The van der Waals surface area contributed by atoms with Crippen molar-refractivity contribution >= 4 is 0 Å². The van der Waals surface area contributed by atoms with Crippen LogP contribution in [-0.2, 0) is 0 Å². The first kappa shape index (κ1) is 9.01. The van der Waals surface area contributed by atoms with Gasteiger partial charge in [-0.3, -0.25) is 0 Å². The predicted molar refractivity (Wildman–Crippen MR) is 46.5 cm³/mol. The van der Waals surface area contributed by atoms with E-state index in [1.54, 1.807) is 0 Å². The van der Waals surface area contributed by atoms with Crippen molar-refractivity contribution in [2.45, 2.75) is 57.7 Å². The maximum Gasteiger partial charge on any atom is 0.0526 e. The molecule has 1 aliphatic heterocycles. The van der Waals surface area contributed by atoms with Crippen LogP contribution < -0.4 is 5.32 Å². The molecule has 0 aromatic rings. The Labute approximate surface area is 69.0 Å². The quantitative estimate of drug-likeness (QED) is 0.633. The summed E-state index contributed by atoms with van der Waals surface area (Å²) in [7, 11) is 0. The Morgan fingerprint density at radius 1 is 1.55 bits per heavy atom. The highest BCUT2D eigenvalue weighted by Gasteiger charge is 2.18. The number of aliphatic hydroxyl groups excluding tert-OH is 1. The minimum absolute atomic E-state index is 0.155. The van der Waals surface area contributed by atoms with Crippen LogP contribution in [0.4, 0.5) is 0 Å². The van der Waals surface area contributed by atoms with Crippen LogP contribution in [0.3, 0.4) is 0 Å². The number of nitrogens with one attached hydrogen (secondary N) is 1. The zero-order valence-electron chi connectivity index (χ0n) is 7.51. The lowest BCUT2D eigenvalue weighted by Crippen LogP contribution is -2.41. The van der Waals surface area contributed by atoms with Gasteiger partial charge in [-0.05, 0) is 33.1 Å². The normalized spacial score (nSPS) is 35.2. The molecule has 11 heavy (non-hydrogen) atoms. The van der Waals surface area contributed by atoms with Gasteiger partial charge < -0.3 is 10.4 Å². The Balaban J connectivity index is 2.23. The minimum atomic E-state index is -0.155. The summed E-state index contributed by atoms with van der Waals surface area (Å²) in [5.74, 6) is 0. The molecule has 0 amide bonds. The number of aliphatic hydroxyl groups is 1. The first-order chi connectivity index (χ1) is 5.18. The first-order valence-corrected chi connectivity index (χ1v) is 4.62. The van der Waals surface area contributed by atoms with Crippen LogP contribution >= 0.6 is 0 Å². The average molecular weight is 157 g/mol. The number of piperidine rings is 1. The molecule has 0 aromatic carbocycles. The maximum absolute atomic E-state index is 9.15. The fourth-order valence-electron chi connectivity index (χ4n) is 1.84. The van der Waals surface area contributed by atoms with Crippen LogP contribution in [0.5, 0.6) is 0 Å². The van der Waals surface area contributed by atoms with Gasteiger partial charge in [-0.15, -0.1) is 0 Å². The van der Waals surface area contributed by atoms with E-state index >= 15 is 0 Å². The molecule has 2 heteroatoms. The van der Waals surface area contributed by atoms with Crippen LogP contribution in [-0.4, -0.2) is 23.3 Å². The van der Waals surface area contributed by atoms with Gasteiger partial charge >= 0.3 is 0 Å². The lowest BCUT2D eigenvalue weighted by molar-refractivity contribution is 0.154. The van der Waals surface area contributed by atoms with Crippen molar-refractivity contribution in [1.82, 2.24) is 5.32 Å². The monoisotopic (exact) mass is 157 g/mol. The van der Waals surface area contributed by atoms with Crippen LogP contribution in [0.2, 0.25) is 0 Å². The molecular formula is C9H19NO. The fraction of sp³-hybridized carbons (Fsp3) is 1.00. The summed E-state index contributed by atoms with van der Waals surface area (Å²) < 4.78 is 0. The van der Waals surface area contributed by atoms with Crippen molar-refractivity contribution in [2.24, 2.45) is 0 Å². The molecule has 3 atom stereocenters. The number of hydrogen-bond acceptors (Lipinski definition) is 2. The van der Waals surface area contributed by atoms with Gasteiger partial charge in [0.05, 0.1) is 6.10 Å². The third-order valence-corrected chi connectivity index (χ3v) is 2.34. The van der Waals surface area contributed by atoms with Gasteiger partial charge in [0.15, 0.2) is 0 Å². The molecule has 0 radical (unpaired) electrons. The maximum atomic E-state index is 9.15. The molecule has 1 rings (SSSR count). The van der Waals surface area contributed by atoms with E-state index in [-0.39, 0.29) is 6.10 Å².